The summed E-state index contributed by atoms with van der Waals surface area (Å²) in [4.78, 5) is 0.566. The Hall–Kier alpha value is -1.30. The first-order valence-corrected chi connectivity index (χ1v) is 6.61. The van der Waals surface area contributed by atoms with Gasteiger partial charge in [0, 0.05) is 16.5 Å². The van der Waals surface area contributed by atoms with Gasteiger partial charge in [-0.15, -0.1) is 11.3 Å². The van der Waals surface area contributed by atoms with Crippen molar-refractivity contribution >= 4 is 22.9 Å². The molecule has 1 aromatic carbocycles. The van der Waals surface area contributed by atoms with Gasteiger partial charge in [0.1, 0.15) is 11.9 Å². The van der Waals surface area contributed by atoms with Gasteiger partial charge in [-0.05, 0) is 18.2 Å². The molecule has 0 aliphatic carbocycles. The van der Waals surface area contributed by atoms with Crippen LogP contribution >= 0.6 is 22.9 Å². The lowest BCUT2D eigenvalue weighted by Gasteiger charge is -2.14. The number of aliphatic hydroxyl groups excluding tert-OH is 1. The maximum Gasteiger partial charge on any atom is 0.163 e. The lowest BCUT2D eigenvalue weighted by molar-refractivity contribution is 0.217. The molecule has 102 valence electrons. The summed E-state index contributed by atoms with van der Waals surface area (Å²) < 4.78 is 24.6. The van der Waals surface area contributed by atoms with E-state index in [2.05, 4.69) is 0 Å². The normalized spacial score (nSPS) is 12.3. The molecule has 0 amide bonds. The van der Waals surface area contributed by atoms with Gasteiger partial charge in [-0.2, -0.15) is 0 Å². The molecule has 2 rings (SSSR count). The molecule has 1 aromatic heterocycles. The Morgan fingerprint density at radius 3 is 2.37 bits per heavy atom. The Kier molecular flexibility index (Phi) is 4.29. The zero-order valence-corrected chi connectivity index (χ0v) is 11.9. The fraction of sp³-hybridized carbons (Fsp3) is 0.231. The summed E-state index contributed by atoms with van der Waals surface area (Å²) in [6.07, 6.45) is -1.09. The first-order valence-electron chi connectivity index (χ1n) is 5.41. The summed E-state index contributed by atoms with van der Waals surface area (Å²) in [6, 6.07) is 5.93. The quantitative estimate of drug-likeness (QED) is 0.937. The van der Waals surface area contributed by atoms with E-state index < -0.39 is 11.9 Å². The third-order valence-corrected chi connectivity index (χ3v) is 3.94. The zero-order chi connectivity index (χ0) is 14.0. The van der Waals surface area contributed by atoms with Gasteiger partial charge >= 0.3 is 0 Å². The van der Waals surface area contributed by atoms with Crippen molar-refractivity contribution < 1.29 is 19.0 Å². The van der Waals surface area contributed by atoms with Crippen molar-refractivity contribution in [3.8, 4) is 11.5 Å². The molecule has 3 nitrogen and oxygen atoms in total. The van der Waals surface area contributed by atoms with E-state index in [4.69, 9.17) is 21.1 Å². The second-order valence-electron chi connectivity index (χ2n) is 3.77. The smallest absolute Gasteiger partial charge is 0.163 e. The Labute approximate surface area is 119 Å². The van der Waals surface area contributed by atoms with Crippen molar-refractivity contribution in [2.45, 2.75) is 6.10 Å². The van der Waals surface area contributed by atoms with Crippen molar-refractivity contribution in [1.29, 1.82) is 0 Å². The summed E-state index contributed by atoms with van der Waals surface area (Å²) in [7, 11) is 2.88. The Balaban J connectivity index is 2.44. The third kappa shape index (κ3) is 2.83. The van der Waals surface area contributed by atoms with Crippen molar-refractivity contribution in [3.05, 3.63) is 44.9 Å². The monoisotopic (exact) mass is 302 g/mol. The number of hydrogen-bond acceptors (Lipinski definition) is 4. The molecule has 0 saturated carbocycles. The van der Waals surface area contributed by atoms with Crippen LogP contribution in [0.3, 0.4) is 0 Å². The fourth-order valence-corrected chi connectivity index (χ4v) is 2.77. The summed E-state index contributed by atoms with van der Waals surface area (Å²) in [6.45, 7) is 0. The first kappa shape index (κ1) is 14.1. The standard InChI is InChI=1S/C13H12ClFO3S/c1-17-9-5-7(8(15)6-10(9)18-2)13(16)11-3-4-12(14)19-11/h3-6,13,16H,1-2H3. The highest BCUT2D eigenvalue weighted by molar-refractivity contribution is 7.16. The van der Waals surface area contributed by atoms with E-state index >= 15 is 0 Å². The predicted octanol–water partition coefficient (Wildman–Crippen LogP) is 3.64. The summed E-state index contributed by atoms with van der Waals surface area (Å²) in [5, 5.41) is 10.2. The summed E-state index contributed by atoms with van der Waals surface area (Å²) in [5.41, 5.74) is 0.121. The zero-order valence-electron chi connectivity index (χ0n) is 10.3. The molecule has 0 radical (unpaired) electrons. The van der Waals surface area contributed by atoms with Crippen LogP contribution in [-0.4, -0.2) is 19.3 Å². The molecule has 6 heteroatoms. The summed E-state index contributed by atoms with van der Waals surface area (Å²) >= 11 is 7.01. The lowest BCUT2D eigenvalue weighted by Crippen LogP contribution is -2.02. The number of methoxy groups -OCH3 is 2. The molecule has 1 atom stereocenters. The highest BCUT2D eigenvalue weighted by atomic mass is 35.5. The molecule has 1 N–H and O–H groups in total. The van der Waals surface area contributed by atoms with Crippen LogP contribution in [0.25, 0.3) is 0 Å². The van der Waals surface area contributed by atoms with E-state index in [1.54, 1.807) is 12.1 Å². The molecule has 0 spiro atoms. The number of halogens is 2. The molecule has 0 bridgehead atoms. The average molecular weight is 303 g/mol. The van der Waals surface area contributed by atoms with Crippen LogP contribution in [0.15, 0.2) is 24.3 Å². The molecular weight excluding hydrogens is 291 g/mol. The van der Waals surface area contributed by atoms with Crippen LogP contribution in [0.1, 0.15) is 16.5 Å². The molecule has 0 saturated heterocycles. The average Bonchev–Trinajstić information content (AvgIpc) is 2.84. The van der Waals surface area contributed by atoms with Gasteiger partial charge in [0.25, 0.3) is 0 Å². The first-order chi connectivity index (χ1) is 9.06. The van der Waals surface area contributed by atoms with Crippen molar-refractivity contribution in [3.63, 3.8) is 0 Å². The predicted molar refractivity (Wildman–Crippen MR) is 72.9 cm³/mol. The van der Waals surface area contributed by atoms with Gasteiger partial charge in [-0.1, -0.05) is 11.6 Å². The van der Waals surface area contributed by atoms with E-state index in [0.29, 0.717) is 15.0 Å². The molecule has 0 aliphatic heterocycles. The van der Waals surface area contributed by atoms with Crippen LogP contribution in [0, 0.1) is 5.82 Å². The van der Waals surface area contributed by atoms with E-state index in [0.717, 1.165) is 0 Å². The molecule has 19 heavy (non-hydrogen) atoms. The molecule has 2 aromatic rings. The van der Waals surface area contributed by atoms with Crippen LogP contribution in [-0.2, 0) is 0 Å². The van der Waals surface area contributed by atoms with Gasteiger partial charge in [0.2, 0.25) is 0 Å². The molecule has 1 unspecified atom stereocenters. The molecule has 0 aliphatic rings. The van der Waals surface area contributed by atoms with Crippen LogP contribution in [0.4, 0.5) is 4.39 Å². The van der Waals surface area contributed by atoms with Crippen LogP contribution in [0.5, 0.6) is 11.5 Å². The minimum absolute atomic E-state index is 0.121. The minimum atomic E-state index is -1.09. The summed E-state index contributed by atoms with van der Waals surface area (Å²) in [5.74, 6) is 0.0791. The van der Waals surface area contributed by atoms with Gasteiger partial charge in [0.05, 0.1) is 18.6 Å². The molecular formula is C13H12ClFO3S. The third-order valence-electron chi connectivity index (χ3n) is 2.66. The number of rotatable bonds is 4. The van der Waals surface area contributed by atoms with Crippen molar-refractivity contribution in [2.75, 3.05) is 14.2 Å². The van der Waals surface area contributed by atoms with Crippen LogP contribution < -0.4 is 9.47 Å². The van der Waals surface area contributed by atoms with E-state index in [1.807, 2.05) is 0 Å². The fourth-order valence-electron chi connectivity index (χ4n) is 1.71. The van der Waals surface area contributed by atoms with Gasteiger partial charge < -0.3 is 14.6 Å². The van der Waals surface area contributed by atoms with Gasteiger partial charge in [-0.3, -0.25) is 0 Å². The topological polar surface area (TPSA) is 38.7 Å². The largest absolute Gasteiger partial charge is 0.493 e. The van der Waals surface area contributed by atoms with E-state index in [9.17, 15) is 9.50 Å². The van der Waals surface area contributed by atoms with Crippen molar-refractivity contribution in [1.82, 2.24) is 0 Å². The highest BCUT2D eigenvalue weighted by Crippen LogP contribution is 2.37. The lowest BCUT2D eigenvalue weighted by atomic mass is 10.1. The second kappa shape index (κ2) is 5.77. The highest BCUT2D eigenvalue weighted by Gasteiger charge is 2.20. The van der Waals surface area contributed by atoms with Crippen LogP contribution in [0.2, 0.25) is 4.34 Å². The number of aliphatic hydroxyl groups is 1. The number of ether oxygens (including phenoxy) is 2. The minimum Gasteiger partial charge on any atom is -0.493 e. The maximum atomic E-state index is 14.0. The number of thiophene rings is 1. The maximum absolute atomic E-state index is 14.0. The molecule has 0 fully saturated rings. The van der Waals surface area contributed by atoms with Crippen molar-refractivity contribution in [2.24, 2.45) is 0 Å². The van der Waals surface area contributed by atoms with E-state index in [1.165, 1.54) is 37.7 Å². The van der Waals surface area contributed by atoms with Gasteiger partial charge in [0.15, 0.2) is 11.5 Å². The second-order valence-corrected chi connectivity index (χ2v) is 5.52. The molecule has 1 heterocycles. The Morgan fingerprint density at radius 1 is 1.21 bits per heavy atom. The number of hydrogen-bond donors (Lipinski definition) is 1. The van der Waals surface area contributed by atoms with Gasteiger partial charge in [-0.25, -0.2) is 4.39 Å². The Bertz CT molecular complexity index is 585. The number of benzene rings is 1. The Morgan fingerprint density at radius 2 is 1.84 bits per heavy atom. The SMILES string of the molecule is COc1cc(F)c(C(O)c2ccc(Cl)s2)cc1OC. The van der Waals surface area contributed by atoms with E-state index in [-0.39, 0.29) is 11.3 Å².